The van der Waals surface area contributed by atoms with Crippen LogP contribution in [0.15, 0.2) is 18.7 Å². The van der Waals surface area contributed by atoms with Crippen LogP contribution in [0.25, 0.3) is 0 Å². The summed E-state index contributed by atoms with van der Waals surface area (Å²) < 4.78 is 41.4. The van der Waals surface area contributed by atoms with Crippen molar-refractivity contribution in [2.75, 3.05) is 41.0 Å². The van der Waals surface area contributed by atoms with E-state index >= 15 is 0 Å². The van der Waals surface area contributed by atoms with E-state index < -0.39 is 35.7 Å². The molecule has 4 heterocycles. The summed E-state index contributed by atoms with van der Waals surface area (Å²) in [5.41, 5.74) is 4.68. The molecule has 4 aliphatic heterocycles. The lowest BCUT2D eigenvalue weighted by atomic mass is 9.72. The van der Waals surface area contributed by atoms with Crippen LogP contribution in [0.3, 0.4) is 0 Å². The number of methoxy groups -OCH3 is 2. The third-order valence-corrected chi connectivity index (χ3v) is 10.0. The van der Waals surface area contributed by atoms with E-state index in [1.165, 1.54) is 0 Å². The van der Waals surface area contributed by atoms with E-state index in [0.29, 0.717) is 41.6 Å². The van der Waals surface area contributed by atoms with Crippen molar-refractivity contribution in [2.24, 2.45) is 0 Å². The molecule has 0 aromatic heterocycles. The first-order chi connectivity index (χ1) is 24.8. The van der Waals surface area contributed by atoms with Gasteiger partial charge in [-0.3, -0.25) is 9.69 Å². The molecule has 4 aliphatic rings. The van der Waals surface area contributed by atoms with E-state index in [1.54, 1.807) is 48.0 Å². The normalized spacial score (nSPS) is 23.2. The summed E-state index contributed by atoms with van der Waals surface area (Å²) in [5.74, 6) is 2.58. The third-order valence-electron chi connectivity index (χ3n) is 10.0. The van der Waals surface area contributed by atoms with Gasteiger partial charge in [0.05, 0.1) is 25.3 Å². The standard InChI is InChI=1S/C38H49N5O9/c1-10-11-48-32-20(3)33-35(51-18-50-33)29-23(32)14-25-30-28-22(12-19(2)31(47-9)34(28)49-17-46-8)13-24(42-30)26(15-39)43(25)27(29)16-40-36(44)21(4)41-37(45)52-38(5,6)7/h10,12,21,24-27,30,42H,1,11,13-14,16-18H2,2-9H3,(H,40,44)(H,41,45)/t21-,24?,25?,26-,27-,30+/m0/s1. The number of nitrogens with one attached hydrogen (secondary N) is 3. The first-order valence-corrected chi connectivity index (χ1v) is 17.5. The van der Waals surface area contributed by atoms with Gasteiger partial charge in [-0.1, -0.05) is 18.7 Å². The van der Waals surface area contributed by atoms with Crippen LogP contribution in [0, 0.1) is 25.2 Å². The molecule has 6 rings (SSSR count). The number of amides is 2. The van der Waals surface area contributed by atoms with Gasteiger partial charge in [0, 0.05) is 48.0 Å². The highest BCUT2D eigenvalue weighted by Gasteiger charge is 2.54. The zero-order valence-electron chi connectivity index (χ0n) is 31.1. The Bertz CT molecular complexity index is 1780. The highest BCUT2D eigenvalue weighted by Crippen LogP contribution is 2.56. The number of ether oxygens (including phenoxy) is 7. The van der Waals surface area contributed by atoms with Crippen molar-refractivity contribution in [2.45, 2.75) is 96.2 Å². The molecule has 14 nitrogen and oxygen atoms in total. The minimum atomic E-state index is -0.902. The lowest BCUT2D eigenvalue weighted by Crippen LogP contribution is -2.68. The van der Waals surface area contributed by atoms with Crippen molar-refractivity contribution < 1.29 is 42.7 Å². The second kappa shape index (κ2) is 14.7. The molecule has 52 heavy (non-hydrogen) atoms. The summed E-state index contributed by atoms with van der Waals surface area (Å²) in [6.07, 6.45) is 2.02. The van der Waals surface area contributed by atoms with E-state index in [-0.39, 0.29) is 44.9 Å². The smallest absolute Gasteiger partial charge is 0.408 e. The van der Waals surface area contributed by atoms with Gasteiger partial charge >= 0.3 is 6.09 Å². The van der Waals surface area contributed by atoms with E-state index in [1.807, 2.05) is 13.8 Å². The summed E-state index contributed by atoms with van der Waals surface area (Å²) in [4.78, 5) is 28.3. The maximum absolute atomic E-state index is 13.6. The summed E-state index contributed by atoms with van der Waals surface area (Å²) in [6, 6.07) is 1.81. The van der Waals surface area contributed by atoms with Crippen molar-refractivity contribution in [3.8, 4) is 34.8 Å². The Morgan fingerprint density at radius 3 is 2.56 bits per heavy atom. The summed E-state index contributed by atoms with van der Waals surface area (Å²) >= 11 is 0. The van der Waals surface area contributed by atoms with Crippen LogP contribution in [0.1, 0.15) is 73.2 Å². The van der Waals surface area contributed by atoms with Gasteiger partial charge in [-0.15, -0.1) is 0 Å². The molecule has 14 heteroatoms. The Labute approximate surface area is 304 Å². The molecule has 1 fully saturated rings. The van der Waals surface area contributed by atoms with Gasteiger partial charge in [-0.25, -0.2) is 4.79 Å². The Morgan fingerprint density at radius 2 is 1.88 bits per heavy atom. The van der Waals surface area contributed by atoms with Crippen molar-refractivity contribution in [3.63, 3.8) is 0 Å². The number of nitriles is 1. The maximum Gasteiger partial charge on any atom is 0.408 e. The zero-order valence-corrected chi connectivity index (χ0v) is 31.1. The van der Waals surface area contributed by atoms with Gasteiger partial charge in [0.1, 0.15) is 30.0 Å². The number of piperazine rings is 1. The average molecular weight is 720 g/mol. The van der Waals surface area contributed by atoms with Crippen LogP contribution >= 0.6 is 0 Å². The number of aryl methyl sites for hydroxylation is 1. The molecule has 2 aromatic rings. The molecular weight excluding hydrogens is 670 g/mol. The predicted molar refractivity (Wildman–Crippen MR) is 190 cm³/mol. The molecular formula is C38H49N5O9. The van der Waals surface area contributed by atoms with Crippen LogP contribution in [0.5, 0.6) is 28.7 Å². The largest absolute Gasteiger partial charge is 0.493 e. The summed E-state index contributed by atoms with van der Waals surface area (Å²) in [5, 5.41) is 20.4. The average Bonchev–Trinajstić information content (AvgIpc) is 3.58. The highest BCUT2D eigenvalue weighted by molar-refractivity contribution is 5.85. The minimum Gasteiger partial charge on any atom is -0.493 e. The zero-order chi connectivity index (χ0) is 37.5. The molecule has 0 radical (unpaired) electrons. The Hall–Kier alpha value is -4.71. The Kier molecular flexibility index (Phi) is 10.5. The maximum atomic E-state index is 13.6. The molecule has 280 valence electrons. The molecule has 6 atom stereocenters. The van der Waals surface area contributed by atoms with E-state index in [2.05, 4.69) is 39.6 Å². The van der Waals surface area contributed by atoms with Crippen LogP contribution in [-0.2, 0) is 27.1 Å². The summed E-state index contributed by atoms with van der Waals surface area (Å²) in [7, 11) is 3.19. The predicted octanol–water partition coefficient (Wildman–Crippen LogP) is 4.05. The molecule has 0 saturated carbocycles. The van der Waals surface area contributed by atoms with E-state index in [9.17, 15) is 14.9 Å². The quantitative estimate of drug-likeness (QED) is 0.226. The van der Waals surface area contributed by atoms with Gasteiger partial charge in [0.2, 0.25) is 12.7 Å². The monoisotopic (exact) mass is 719 g/mol. The molecule has 2 unspecified atom stereocenters. The van der Waals surface area contributed by atoms with Crippen LogP contribution < -0.4 is 39.6 Å². The minimum absolute atomic E-state index is 0.0207. The van der Waals surface area contributed by atoms with Crippen LogP contribution in [0.4, 0.5) is 4.79 Å². The number of carbonyl (C=O) groups is 2. The van der Waals surface area contributed by atoms with Gasteiger partial charge in [0.15, 0.2) is 29.8 Å². The fourth-order valence-electron chi connectivity index (χ4n) is 8.09. The highest BCUT2D eigenvalue weighted by atomic mass is 16.7. The first-order valence-electron chi connectivity index (χ1n) is 17.5. The lowest BCUT2D eigenvalue weighted by molar-refractivity contribution is -0.123. The SMILES string of the molecule is C=CCOc1c(C)c2c(c3c1CC1[C@H]4NC(Cc5cc(C)c(OC)c(OCOC)c54)[C@H](C#N)N1[C@H]3CNC(=O)[C@H](C)NC(=O)OC(C)(C)C)OCO2. The summed E-state index contributed by atoms with van der Waals surface area (Å²) in [6.45, 7) is 15.0. The Balaban J connectivity index is 1.48. The third kappa shape index (κ3) is 6.68. The number of hydrogen-bond acceptors (Lipinski definition) is 12. The molecule has 2 amide bonds. The van der Waals surface area contributed by atoms with Crippen LogP contribution in [-0.4, -0.2) is 87.6 Å². The lowest BCUT2D eigenvalue weighted by Gasteiger charge is -2.56. The van der Waals surface area contributed by atoms with Gasteiger partial charge in [-0.05, 0) is 65.5 Å². The van der Waals surface area contributed by atoms with Gasteiger partial charge in [0.25, 0.3) is 0 Å². The molecule has 3 N–H and O–H groups in total. The van der Waals surface area contributed by atoms with Crippen molar-refractivity contribution >= 4 is 12.0 Å². The van der Waals surface area contributed by atoms with Gasteiger partial charge < -0.3 is 49.1 Å². The number of benzene rings is 2. The van der Waals surface area contributed by atoms with Gasteiger partial charge in [-0.2, -0.15) is 5.26 Å². The fraction of sp³-hybridized carbons (Fsp3) is 0.553. The number of fused-ring (bicyclic) bond motifs is 9. The molecule has 0 spiro atoms. The van der Waals surface area contributed by atoms with Crippen molar-refractivity contribution in [3.05, 3.63) is 52.1 Å². The fourth-order valence-corrected chi connectivity index (χ4v) is 8.09. The Morgan fingerprint density at radius 1 is 1.13 bits per heavy atom. The van der Waals surface area contributed by atoms with Crippen LogP contribution in [0.2, 0.25) is 0 Å². The number of carbonyl (C=O) groups excluding carboxylic acids is 2. The topological polar surface area (TPSA) is 162 Å². The molecule has 2 aromatic carbocycles. The van der Waals surface area contributed by atoms with Crippen molar-refractivity contribution in [1.82, 2.24) is 20.9 Å². The number of rotatable bonds is 11. The molecule has 2 bridgehead atoms. The van der Waals surface area contributed by atoms with E-state index in [0.717, 1.165) is 33.4 Å². The number of alkyl carbamates (subject to hydrolysis) is 1. The molecule has 1 saturated heterocycles. The second-order valence-corrected chi connectivity index (χ2v) is 14.6. The number of hydrogen-bond donors (Lipinski definition) is 3. The van der Waals surface area contributed by atoms with Crippen molar-refractivity contribution in [1.29, 1.82) is 5.26 Å². The van der Waals surface area contributed by atoms with E-state index in [4.69, 9.17) is 33.2 Å². The second-order valence-electron chi connectivity index (χ2n) is 14.6. The number of nitrogens with zero attached hydrogens (tertiary/aromatic N) is 2. The first kappa shape index (κ1) is 37.1. The molecule has 0 aliphatic carbocycles.